The van der Waals surface area contributed by atoms with Gasteiger partial charge < -0.3 is 4.90 Å². The minimum absolute atomic E-state index is 0.548. The number of hydrogen-bond donors (Lipinski definition) is 0. The second kappa shape index (κ2) is 23.1. The van der Waals surface area contributed by atoms with Crippen LogP contribution in [0.25, 0.3) is 16.7 Å². The summed E-state index contributed by atoms with van der Waals surface area (Å²) in [6.07, 6.45) is 29.1. The molecule has 292 valence electrons. The Labute approximate surface area is 341 Å². The number of hydrogen-bond acceptors (Lipinski definition) is 1. The van der Waals surface area contributed by atoms with E-state index in [2.05, 4.69) is 187 Å². The molecule has 1 heterocycles. The lowest BCUT2D eigenvalue weighted by molar-refractivity contribution is 0.512. The fourth-order valence-electron chi connectivity index (χ4n) is 8.48. The normalized spacial score (nSPS) is 15.1. The average Bonchev–Trinajstić information content (AvgIpc) is 3.31. The van der Waals surface area contributed by atoms with Gasteiger partial charge in [-0.3, -0.25) is 0 Å². The molecule has 0 saturated carbocycles. The number of rotatable bonds is 17. The summed E-state index contributed by atoms with van der Waals surface area (Å²) in [5.74, 6) is 1.12. The number of allylic oxidation sites excluding steroid dienone is 8. The van der Waals surface area contributed by atoms with Crippen LogP contribution >= 0.6 is 0 Å². The van der Waals surface area contributed by atoms with Gasteiger partial charge in [0.05, 0.1) is 0 Å². The smallest absolute Gasteiger partial charge is 0.0493 e. The fourth-order valence-corrected chi connectivity index (χ4v) is 8.48. The lowest BCUT2D eigenvalue weighted by atomic mass is 9.86. The van der Waals surface area contributed by atoms with Crippen LogP contribution in [0.5, 0.6) is 0 Å². The molecule has 1 aliphatic rings. The monoisotopic (exact) mass is 742 g/mol. The van der Waals surface area contributed by atoms with Crippen molar-refractivity contribution in [3.8, 4) is 12.8 Å². The van der Waals surface area contributed by atoms with Crippen LogP contribution in [0.1, 0.15) is 133 Å². The highest BCUT2D eigenvalue weighted by molar-refractivity contribution is 5.91. The number of fused-ring (bicyclic) bond motifs is 1. The SMILES string of the molecule is C#C.C=C1/C=C(C(CCC)CCC)\C=C/CN(c2cccc(C(=C/Cc3ccccc3)/C(CC)=C(\C)c3ccccc3)c2)c2ccc(C(CCC)CCC)cc21. The van der Waals surface area contributed by atoms with Crippen LogP contribution in [-0.2, 0) is 6.42 Å². The van der Waals surface area contributed by atoms with Gasteiger partial charge in [-0.05, 0) is 132 Å². The first kappa shape index (κ1) is 43.7. The molecule has 0 bridgehead atoms. The zero-order valence-electron chi connectivity index (χ0n) is 35.4. The summed E-state index contributed by atoms with van der Waals surface area (Å²) < 4.78 is 0. The molecule has 0 radical (unpaired) electrons. The minimum atomic E-state index is 0.548. The number of benzene rings is 4. The first-order chi connectivity index (χ1) is 27.4. The standard InChI is InChI=1S/C53H65N.C2H2/c1-8-21-44(22-9-2)46-30-20-36-54(53-35-33-47(39-52(53)40(6)37-46)45(23-10-3)24-11-4)49-31-19-29-48(38-49)51(34-32-42-25-15-13-16-26-42)50(12-5)41(7)43-27-17-14-18-28-43;1-2/h13-20,25-31,33-35,37-39,44-45H,6,8-12,21-24,32,36H2,1-5,7H3;1-2H/b30-20-,46-37+,50-41+,51-34-;. The van der Waals surface area contributed by atoms with E-state index >= 15 is 0 Å². The van der Waals surface area contributed by atoms with Crippen LogP contribution in [0, 0.1) is 18.8 Å². The van der Waals surface area contributed by atoms with Crippen molar-refractivity contribution in [1.29, 1.82) is 0 Å². The Balaban J connectivity index is 0.00000342. The van der Waals surface area contributed by atoms with Gasteiger partial charge in [0.25, 0.3) is 0 Å². The predicted octanol–water partition coefficient (Wildman–Crippen LogP) is 16.0. The predicted molar refractivity (Wildman–Crippen MR) is 249 cm³/mol. The van der Waals surface area contributed by atoms with Gasteiger partial charge in [-0.25, -0.2) is 0 Å². The van der Waals surface area contributed by atoms with Crippen molar-refractivity contribution in [3.05, 3.63) is 173 Å². The first-order valence-corrected chi connectivity index (χ1v) is 21.3. The van der Waals surface area contributed by atoms with E-state index in [9.17, 15) is 0 Å². The van der Waals surface area contributed by atoms with Gasteiger partial charge in [-0.15, -0.1) is 12.8 Å². The van der Waals surface area contributed by atoms with Crippen molar-refractivity contribution in [2.45, 2.75) is 112 Å². The third-order valence-electron chi connectivity index (χ3n) is 11.3. The van der Waals surface area contributed by atoms with Crippen LogP contribution in [0.4, 0.5) is 11.4 Å². The molecule has 0 N–H and O–H groups in total. The lowest BCUT2D eigenvalue weighted by Gasteiger charge is -2.28. The van der Waals surface area contributed by atoms with Crippen LogP contribution < -0.4 is 4.90 Å². The molecule has 1 nitrogen and oxygen atoms in total. The maximum Gasteiger partial charge on any atom is 0.0493 e. The molecule has 4 aromatic carbocycles. The number of terminal acetylenes is 1. The van der Waals surface area contributed by atoms with Crippen molar-refractivity contribution in [2.75, 3.05) is 11.4 Å². The van der Waals surface area contributed by atoms with E-state index in [0.29, 0.717) is 11.8 Å². The van der Waals surface area contributed by atoms with E-state index in [1.807, 2.05) is 0 Å². The van der Waals surface area contributed by atoms with E-state index < -0.39 is 0 Å². The van der Waals surface area contributed by atoms with Gasteiger partial charge in [0.15, 0.2) is 0 Å². The zero-order chi connectivity index (χ0) is 40.3. The highest BCUT2D eigenvalue weighted by atomic mass is 15.1. The maximum absolute atomic E-state index is 4.80. The van der Waals surface area contributed by atoms with Crippen LogP contribution in [0.15, 0.2) is 145 Å². The van der Waals surface area contributed by atoms with Crippen molar-refractivity contribution >= 4 is 28.1 Å². The molecular weight excluding hydrogens is 675 g/mol. The Kier molecular flexibility index (Phi) is 18.0. The Morgan fingerprint density at radius 2 is 1.32 bits per heavy atom. The maximum atomic E-state index is 4.80. The summed E-state index contributed by atoms with van der Waals surface area (Å²) >= 11 is 0. The third-order valence-corrected chi connectivity index (χ3v) is 11.3. The van der Waals surface area contributed by atoms with Gasteiger partial charge in [0, 0.05) is 23.5 Å². The molecule has 1 heteroatoms. The molecule has 0 unspecified atom stereocenters. The van der Waals surface area contributed by atoms with Gasteiger partial charge >= 0.3 is 0 Å². The van der Waals surface area contributed by atoms with E-state index in [0.717, 1.165) is 25.0 Å². The quantitative estimate of drug-likeness (QED) is 0.0769. The molecule has 1 aliphatic heterocycles. The van der Waals surface area contributed by atoms with Gasteiger partial charge in [-0.2, -0.15) is 0 Å². The molecular formula is C55H67N. The topological polar surface area (TPSA) is 3.24 Å². The van der Waals surface area contributed by atoms with Crippen LogP contribution in [0.3, 0.4) is 0 Å². The molecule has 0 aliphatic carbocycles. The van der Waals surface area contributed by atoms with Gasteiger partial charge in [-0.1, -0.05) is 170 Å². The molecule has 56 heavy (non-hydrogen) atoms. The summed E-state index contributed by atoms with van der Waals surface area (Å²) in [7, 11) is 0. The highest BCUT2D eigenvalue weighted by Gasteiger charge is 2.22. The zero-order valence-corrected chi connectivity index (χ0v) is 35.4. The third kappa shape index (κ3) is 11.5. The van der Waals surface area contributed by atoms with Crippen molar-refractivity contribution in [3.63, 3.8) is 0 Å². The molecule has 0 amide bonds. The van der Waals surface area contributed by atoms with E-state index in [-0.39, 0.29) is 0 Å². The Bertz CT molecular complexity index is 1950. The lowest BCUT2D eigenvalue weighted by Crippen LogP contribution is -2.19. The molecule has 0 spiro atoms. The highest BCUT2D eigenvalue weighted by Crippen LogP contribution is 2.41. The average molecular weight is 742 g/mol. The second-order valence-electron chi connectivity index (χ2n) is 15.2. The van der Waals surface area contributed by atoms with Gasteiger partial charge in [0.1, 0.15) is 0 Å². The van der Waals surface area contributed by atoms with Crippen molar-refractivity contribution < 1.29 is 0 Å². The largest absolute Gasteiger partial charge is 0.337 e. The molecule has 4 aromatic rings. The summed E-state index contributed by atoms with van der Waals surface area (Å²) in [6.45, 7) is 19.5. The van der Waals surface area contributed by atoms with E-state index in [1.54, 1.807) is 0 Å². The van der Waals surface area contributed by atoms with E-state index in [1.165, 1.54) is 113 Å². The fraction of sp³-hybridized carbons (Fsp3) is 0.345. The molecule has 0 atom stereocenters. The Morgan fingerprint density at radius 1 is 0.714 bits per heavy atom. The van der Waals surface area contributed by atoms with E-state index in [4.69, 9.17) is 6.58 Å². The van der Waals surface area contributed by atoms with Crippen molar-refractivity contribution in [2.24, 2.45) is 5.92 Å². The van der Waals surface area contributed by atoms with Gasteiger partial charge in [0.2, 0.25) is 0 Å². The first-order valence-electron chi connectivity index (χ1n) is 21.3. The summed E-state index contributed by atoms with van der Waals surface area (Å²) in [5.41, 5.74) is 15.6. The summed E-state index contributed by atoms with van der Waals surface area (Å²) in [5, 5.41) is 0. The number of anilines is 2. The summed E-state index contributed by atoms with van der Waals surface area (Å²) in [4.78, 5) is 2.53. The van der Waals surface area contributed by atoms with Crippen molar-refractivity contribution in [1.82, 2.24) is 0 Å². The molecule has 0 fully saturated rings. The molecule has 0 saturated heterocycles. The second-order valence-corrected chi connectivity index (χ2v) is 15.2. The number of nitrogens with zero attached hydrogens (tertiary/aromatic N) is 1. The summed E-state index contributed by atoms with van der Waals surface area (Å²) in [6, 6.07) is 38.3. The minimum Gasteiger partial charge on any atom is -0.337 e. The Morgan fingerprint density at radius 3 is 1.95 bits per heavy atom. The Hall–Kier alpha value is -5.06. The molecule has 0 aromatic heterocycles. The van der Waals surface area contributed by atoms with Crippen LogP contribution in [0.2, 0.25) is 0 Å². The van der Waals surface area contributed by atoms with Crippen LogP contribution in [-0.4, -0.2) is 6.54 Å². The molecule has 5 rings (SSSR count).